The number of aromatic nitrogens is 1. The van der Waals surface area contributed by atoms with E-state index in [9.17, 15) is 4.79 Å². The third kappa shape index (κ3) is 3.23. The molecule has 3 aromatic rings. The van der Waals surface area contributed by atoms with E-state index in [1.807, 2.05) is 35.2 Å². The van der Waals surface area contributed by atoms with Crippen molar-refractivity contribution in [3.05, 3.63) is 95.3 Å². The van der Waals surface area contributed by atoms with Crippen molar-refractivity contribution < 1.29 is 4.79 Å². The number of hydrogen-bond donors (Lipinski definition) is 1. The molecule has 0 bridgehead atoms. The van der Waals surface area contributed by atoms with E-state index in [2.05, 4.69) is 59.4 Å². The summed E-state index contributed by atoms with van der Waals surface area (Å²) < 4.78 is 2.24. The molecule has 0 saturated carbocycles. The van der Waals surface area contributed by atoms with Crippen LogP contribution in [0.2, 0.25) is 0 Å². The Labute approximate surface area is 154 Å². The summed E-state index contributed by atoms with van der Waals surface area (Å²) in [7, 11) is 0. The molecule has 4 heteroatoms. The minimum Gasteiger partial charge on any atom is -0.348 e. The van der Waals surface area contributed by atoms with Crippen LogP contribution in [-0.4, -0.2) is 22.0 Å². The van der Waals surface area contributed by atoms with Gasteiger partial charge in [-0.3, -0.25) is 0 Å². The molecule has 1 aliphatic heterocycles. The van der Waals surface area contributed by atoms with E-state index in [0.29, 0.717) is 13.1 Å². The third-order valence-electron chi connectivity index (χ3n) is 4.98. The number of fused-ring (bicyclic) bond motifs is 1. The lowest BCUT2D eigenvalue weighted by Crippen LogP contribution is -2.47. The Hall–Kier alpha value is -3.01. The highest BCUT2D eigenvalue weighted by Crippen LogP contribution is 2.32. The Balaban J connectivity index is 1.59. The van der Waals surface area contributed by atoms with E-state index in [-0.39, 0.29) is 12.1 Å². The SMILES string of the molecule is Cc1ccc([C@@H]2c3cccn3CCN2C(=O)NCc2ccccc2)cc1. The van der Waals surface area contributed by atoms with Gasteiger partial charge in [-0.1, -0.05) is 60.2 Å². The van der Waals surface area contributed by atoms with Gasteiger partial charge >= 0.3 is 6.03 Å². The van der Waals surface area contributed by atoms with E-state index < -0.39 is 0 Å². The molecule has 1 aromatic heterocycles. The summed E-state index contributed by atoms with van der Waals surface area (Å²) in [5.41, 5.74) is 4.63. The summed E-state index contributed by atoms with van der Waals surface area (Å²) in [5.74, 6) is 0. The maximum absolute atomic E-state index is 13.0. The number of aryl methyl sites for hydroxylation is 1. The standard InChI is InChI=1S/C22H23N3O/c1-17-9-11-19(12-10-17)21-20-8-5-13-24(20)14-15-25(21)22(26)23-16-18-6-3-2-4-7-18/h2-13,21H,14-16H2,1H3,(H,23,26)/t21-/m1/s1. The minimum atomic E-state index is -0.0601. The fourth-order valence-electron chi connectivity index (χ4n) is 3.58. The molecule has 1 atom stereocenters. The second kappa shape index (κ2) is 7.08. The van der Waals surface area contributed by atoms with Crippen LogP contribution in [-0.2, 0) is 13.1 Å². The van der Waals surface area contributed by atoms with Gasteiger partial charge in [-0.15, -0.1) is 0 Å². The molecule has 1 N–H and O–H groups in total. The second-order valence-electron chi connectivity index (χ2n) is 6.78. The predicted octanol–water partition coefficient (Wildman–Crippen LogP) is 4.11. The monoisotopic (exact) mass is 345 g/mol. The van der Waals surface area contributed by atoms with Crippen molar-refractivity contribution in [2.75, 3.05) is 6.54 Å². The molecule has 4 rings (SSSR count). The average molecular weight is 345 g/mol. The number of carbonyl (C=O) groups is 1. The summed E-state index contributed by atoms with van der Waals surface area (Å²) in [5, 5.41) is 3.08. The minimum absolute atomic E-state index is 0.0214. The normalized spacial score (nSPS) is 16.2. The van der Waals surface area contributed by atoms with Gasteiger partial charge in [-0.2, -0.15) is 0 Å². The first-order valence-electron chi connectivity index (χ1n) is 9.02. The van der Waals surface area contributed by atoms with Crippen molar-refractivity contribution in [2.24, 2.45) is 0 Å². The predicted molar refractivity (Wildman–Crippen MR) is 103 cm³/mol. The number of urea groups is 1. The highest BCUT2D eigenvalue weighted by molar-refractivity contribution is 5.75. The number of rotatable bonds is 3. The van der Waals surface area contributed by atoms with Crippen molar-refractivity contribution in [2.45, 2.75) is 26.1 Å². The smallest absolute Gasteiger partial charge is 0.318 e. The van der Waals surface area contributed by atoms with Gasteiger partial charge in [0, 0.05) is 31.5 Å². The first-order valence-corrected chi connectivity index (χ1v) is 9.02. The molecule has 2 heterocycles. The number of hydrogen-bond acceptors (Lipinski definition) is 1. The van der Waals surface area contributed by atoms with Crippen LogP contribution in [0.3, 0.4) is 0 Å². The summed E-state index contributed by atoms with van der Waals surface area (Å²) >= 11 is 0. The largest absolute Gasteiger partial charge is 0.348 e. The zero-order valence-electron chi connectivity index (χ0n) is 14.9. The lowest BCUT2D eigenvalue weighted by molar-refractivity contribution is 0.168. The third-order valence-corrected chi connectivity index (χ3v) is 4.98. The van der Waals surface area contributed by atoms with Crippen molar-refractivity contribution in [1.82, 2.24) is 14.8 Å². The van der Waals surface area contributed by atoms with Crippen LogP contribution in [0.4, 0.5) is 4.79 Å². The molecule has 1 aliphatic rings. The van der Waals surface area contributed by atoms with Gasteiger partial charge < -0.3 is 14.8 Å². The zero-order chi connectivity index (χ0) is 17.9. The van der Waals surface area contributed by atoms with Gasteiger partial charge in [0.2, 0.25) is 0 Å². The average Bonchev–Trinajstić information content (AvgIpc) is 3.16. The maximum atomic E-state index is 13.0. The molecule has 26 heavy (non-hydrogen) atoms. The van der Waals surface area contributed by atoms with Crippen molar-refractivity contribution in [3.63, 3.8) is 0 Å². The second-order valence-corrected chi connectivity index (χ2v) is 6.78. The number of nitrogens with one attached hydrogen (secondary N) is 1. The molecular weight excluding hydrogens is 322 g/mol. The number of amides is 2. The first-order chi connectivity index (χ1) is 12.7. The van der Waals surface area contributed by atoms with Crippen molar-refractivity contribution >= 4 is 6.03 Å². The van der Waals surface area contributed by atoms with Crippen LogP contribution in [0.25, 0.3) is 0 Å². The maximum Gasteiger partial charge on any atom is 0.318 e. The Bertz CT molecular complexity index is 883. The fraction of sp³-hybridized carbons (Fsp3) is 0.227. The molecule has 4 nitrogen and oxygen atoms in total. The molecule has 0 unspecified atom stereocenters. The molecule has 0 spiro atoms. The summed E-state index contributed by atoms with van der Waals surface area (Å²) in [6.45, 7) is 4.14. The number of benzene rings is 2. The van der Waals surface area contributed by atoms with Gasteiger partial charge in [0.25, 0.3) is 0 Å². The highest BCUT2D eigenvalue weighted by atomic mass is 16.2. The van der Waals surface area contributed by atoms with E-state index in [4.69, 9.17) is 0 Å². The van der Waals surface area contributed by atoms with Gasteiger partial charge in [0.15, 0.2) is 0 Å². The molecule has 0 fully saturated rings. The van der Waals surface area contributed by atoms with Crippen LogP contribution in [0.5, 0.6) is 0 Å². The Morgan fingerprint density at radius 3 is 2.54 bits per heavy atom. The molecule has 0 saturated heterocycles. The van der Waals surface area contributed by atoms with E-state index in [1.54, 1.807) is 0 Å². The quantitative estimate of drug-likeness (QED) is 0.762. The van der Waals surface area contributed by atoms with Crippen molar-refractivity contribution in [1.29, 1.82) is 0 Å². The van der Waals surface area contributed by atoms with Crippen LogP contribution in [0.1, 0.15) is 28.4 Å². The van der Waals surface area contributed by atoms with Gasteiger partial charge in [0.1, 0.15) is 0 Å². The van der Waals surface area contributed by atoms with Crippen LogP contribution in [0, 0.1) is 6.92 Å². The zero-order valence-corrected chi connectivity index (χ0v) is 14.9. The molecule has 2 amide bonds. The van der Waals surface area contributed by atoms with Crippen LogP contribution in [0.15, 0.2) is 72.9 Å². The molecule has 0 aliphatic carbocycles. The lowest BCUT2D eigenvalue weighted by atomic mass is 9.99. The highest BCUT2D eigenvalue weighted by Gasteiger charge is 2.31. The van der Waals surface area contributed by atoms with Gasteiger partial charge in [0.05, 0.1) is 6.04 Å². The summed E-state index contributed by atoms with van der Waals surface area (Å²) in [6.07, 6.45) is 2.09. The summed E-state index contributed by atoms with van der Waals surface area (Å²) in [6, 6.07) is 22.6. The van der Waals surface area contributed by atoms with E-state index in [0.717, 1.165) is 23.4 Å². The lowest BCUT2D eigenvalue weighted by Gasteiger charge is -2.37. The van der Waals surface area contributed by atoms with E-state index >= 15 is 0 Å². The van der Waals surface area contributed by atoms with Crippen LogP contribution < -0.4 is 5.32 Å². The van der Waals surface area contributed by atoms with Crippen LogP contribution >= 0.6 is 0 Å². The summed E-state index contributed by atoms with van der Waals surface area (Å²) in [4.78, 5) is 14.9. The van der Waals surface area contributed by atoms with E-state index in [1.165, 1.54) is 5.56 Å². The Kier molecular flexibility index (Phi) is 4.48. The Morgan fingerprint density at radius 2 is 1.77 bits per heavy atom. The van der Waals surface area contributed by atoms with Gasteiger partial charge in [-0.05, 0) is 30.2 Å². The fourth-order valence-corrected chi connectivity index (χ4v) is 3.58. The Morgan fingerprint density at radius 1 is 1.00 bits per heavy atom. The number of nitrogens with zero attached hydrogens (tertiary/aromatic N) is 2. The molecule has 2 aromatic carbocycles. The molecular formula is C22H23N3O. The molecule has 0 radical (unpaired) electrons. The topological polar surface area (TPSA) is 37.3 Å². The van der Waals surface area contributed by atoms with Crippen molar-refractivity contribution in [3.8, 4) is 0 Å². The first kappa shape index (κ1) is 16.5. The molecule has 132 valence electrons. The van der Waals surface area contributed by atoms with Gasteiger partial charge in [-0.25, -0.2) is 4.79 Å². The number of carbonyl (C=O) groups excluding carboxylic acids is 1.